The zero-order valence-corrected chi connectivity index (χ0v) is 13.2. The highest BCUT2D eigenvalue weighted by atomic mass is 19.1. The van der Waals surface area contributed by atoms with Gasteiger partial charge in [-0.25, -0.2) is 9.18 Å². The Bertz CT molecular complexity index is 691. The van der Waals surface area contributed by atoms with E-state index >= 15 is 0 Å². The first kappa shape index (κ1) is 16.4. The summed E-state index contributed by atoms with van der Waals surface area (Å²) < 4.78 is 14.2. The molecule has 0 unspecified atom stereocenters. The van der Waals surface area contributed by atoms with Gasteiger partial charge < -0.3 is 14.9 Å². The van der Waals surface area contributed by atoms with Crippen LogP contribution in [0.5, 0.6) is 0 Å². The van der Waals surface area contributed by atoms with Crippen molar-refractivity contribution in [3.63, 3.8) is 0 Å². The smallest absolute Gasteiger partial charge is 0.326 e. The van der Waals surface area contributed by atoms with Gasteiger partial charge in [0.15, 0.2) is 0 Å². The van der Waals surface area contributed by atoms with Crippen molar-refractivity contribution in [1.82, 2.24) is 4.90 Å². The zero-order chi connectivity index (χ0) is 17.3. The standard InChI is InChI=1S/C17H19FN2O4/c18-13-7-6-11(19-9-3-5-15(19)21)10-12(13)16(22)20-8-2-1-4-14(20)17(23)24/h6-7,10,14H,1-5,8-9H2,(H,23,24)/t14-/m0/s1. The third kappa shape index (κ3) is 2.98. The van der Waals surface area contributed by atoms with Crippen LogP contribution in [0, 0.1) is 5.82 Å². The average molecular weight is 334 g/mol. The minimum atomic E-state index is -1.07. The summed E-state index contributed by atoms with van der Waals surface area (Å²) in [6, 6.07) is 3.06. The Morgan fingerprint density at radius 1 is 1.17 bits per heavy atom. The molecule has 0 aliphatic carbocycles. The van der Waals surface area contributed by atoms with Crippen molar-refractivity contribution in [3.05, 3.63) is 29.6 Å². The van der Waals surface area contributed by atoms with Gasteiger partial charge in [-0.1, -0.05) is 0 Å². The summed E-state index contributed by atoms with van der Waals surface area (Å²) in [5.74, 6) is -2.46. The van der Waals surface area contributed by atoms with Crippen molar-refractivity contribution in [1.29, 1.82) is 0 Å². The second-order valence-corrected chi connectivity index (χ2v) is 6.16. The molecule has 0 radical (unpaired) electrons. The average Bonchev–Trinajstić information content (AvgIpc) is 3.00. The van der Waals surface area contributed by atoms with Gasteiger partial charge in [-0.3, -0.25) is 9.59 Å². The maximum absolute atomic E-state index is 14.2. The predicted octanol–water partition coefficient (Wildman–Crippen LogP) is 2.03. The molecule has 2 fully saturated rings. The van der Waals surface area contributed by atoms with Crippen molar-refractivity contribution in [2.75, 3.05) is 18.0 Å². The molecule has 24 heavy (non-hydrogen) atoms. The van der Waals surface area contributed by atoms with Crippen molar-refractivity contribution < 1.29 is 23.9 Å². The number of nitrogens with zero attached hydrogens (tertiary/aromatic N) is 2. The van der Waals surface area contributed by atoms with Gasteiger partial charge in [0, 0.05) is 25.2 Å². The van der Waals surface area contributed by atoms with Gasteiger partial charge in [0.2, 0.25) is 5.91 Å². The molecule has 3 rings (SSSR count). The van der Waals surface area contributed by atoms with E-state index in [1.54, 1.807) is 0 Å². The lowest BCUT2D eigenvalue weighted by Crippen LogP contribution is -2.48. The minimum Gasteiger partial charge on any atom is -0.480 e. The Hall–Kier alpha value is -2.44. The number of rotatable bonds is 3. The first-order valence-electron chi connectivity index (χ1n) is 8.12. The molecule has 7 heteroatoms. The number of aliphatic carboxylic acids is 1. The van der Waals surface area contributed by atoms with E-state index in [1.807, 2.05) is 0 Å². The normalized spacial score (nSPS) is 21.2. The number of halogens is 1. The van der Waals surface area contributed by atoms with Gasteiger partial charge >= 0.3 is 5.97 Å². The highest BCUT2D eigenvalue weighted by Gasteiger charge is 2.34. The summed E-state index contributed by atoms with van der Waals surface area (Å²) in [5.41, 5.74) is 0.298. The van der Waals surface area contributed by atoms with Crippen LogP contribution in [0.3, 0.4) is 0 Å². The molecule has 2 heterocycles. The number of anilines is 1. The fourth-order valence-corrected chi connectivity index (χ4v) is 3.35. The van der Waals surface area contributed by atoms with E-state index in [0.29, 0.717) is 38.0 Å². The van der Waals surface area contributed by atoms with Crippen LogP contribution in [-0.2, 0) is 9.59 Å². The number of likely N-dealkylation sites (tertiary alicyclic amines) is 1. The first-order valence-corrected chi connectivity index (χ1v) is 8.12. The number of carbonyl (C=O) groups is 3. The van der Waals surface area contributed by atoms with Gasteiger partial charge in [-0.05, 0) is 43.9 Å². The molecule has 0 bridgehead atoms. The molecule has 2 amide bonds. The van der Waals surface area contributed by atoms with Crippen molar-refractivity contribution >= 4 is 23.5 Å². The minimum absolute atomic E-state index is 0.0543. The van der Waals surface area contributed by atoms with Crippen molar-refractivity contribution in [2.24, 2.45) is 0 Å². The molecular weight excluding hydrogens is 315 g/mol. The lowest BCUT2D eigenvalue weighted by Gasteiger charge is -2.33. The quantitative estimate of drug-likeness (QED) is 0.917. The Kier molecular flexibility index (Phi) is 4.51. The molecule has 1 atom stereocenters. The molecule has 1 N–H and O–H groups in total. The predicted molar refractivity (Wildman–Crippen MR) is 84.3 cm³/mol. The topological polar surface area (TPSA) is 77.9 Å². The molecule has 1 aromatic rings. The van der Waals surface area contributed by atoms with Crippen LogP contribution >= 0.6 is 0 Å². The van der Waals surface area contributed by atoms with E-state index in [-0.39, 0.29) is 11.5 Å². The maximum atomic E-state index is 14.2. The number of amides is 2. The maximum Gasteiger partial charge on any atom is 0.326 e. The summed E-state index contributed by atoms with van der Waals surface area (Å²) in [5, 5.41) is 9.30. The molecule has 1 aromatic carbocycles. The van der Waals surface area contributed by atoms with Gasteiger partial charge in [-0.15, -0.1) is 0 Å². The Balaban J connectivity index is 1.91. The van der Waals surface area contributed by atoms with Crippen LogP contribution < -0.4 is 4.90 Å². The Morgan fingerprint density at radius 3 is 2.62 bits per heavy atom. The number of hydrogen-bond donors (Lipinski definition) is 1. The van der Waals surface area contributed by atoms with E-state index in [0.717, 1.165) is 18.9 Å². The summed E-state index contributed by atoms with van der Waals surface area (Å²) in [6.45, 7) is 0.835. The summed E-state index contributed by atoms with van der Waals surface area (Å²) in [7, 11) is 0. The molecule has 2 aliphatic heterocycles. The van der Waals surface area contributed by atoms with Crippen LogP contribution in [-0.4, -0.2) is 46.9 Å². The first-order chi connectivity index (χ1) is 11.5. The lowest BCUT2D eigenvalue weighted by atomic mass is 10.0. The molecule has 2 aliphatic rings. The van der Waals surface area contributed by atoms with E-state index in [1.165, 1.54) is 21.9 Å². The number of carbonyl (C=O) groups excluding carboxylic acids is 2. The second kappa shape index (κ2) is 6.59. The zero-order valence-electron chi connectivity index (χ0n) is 13.2. The molecule has 0 saturated carbocycles. The third-order valence-corrected chi connectivity index (χ3v) is 4.61. The molecule has 0 spiro atoms. The fourth-order valence-electron chi connectivity index (χ4n) is 3.35. The van der Waals surface area contributed by atoms with Crippen LogP contribution in [0.25, 0.3) is 0 Å². The second-order valence-electron chi connectivity index (χ2n) is 6.16. The monoisotopic (exact) mass is 334 g/mol. The van der Waals surface area contributed by atoms with Crippen molar-refractivity contribution in [3.8, 4) is 0 Å². The molecule has 2 saturated heterocycles. The van der Waals surface area contributed by atoms with Gasteiger partial charge in [0.05, 0.1) is 5.56 Å². The number of hydrogen-bond acceptors (Lipinski definition) is 3. The van der Waals surface area contributed by atoms with Crippen LogP contribution in [0.15, 0.2) is 18.2 Å². The van der Waals surface area contributed by atoms with Gasteiger partial charge in [0.1, 0.15) is 11.9 Å². The number of benzene rings is 1. The van der Waals surface area contributed by atoms with E-state index in [2.05, 4.69) is 0 Å². The number of piperidine rings is 1. The number of carboxylic acids is 1. The third-order valence-electron chi connectivity index (χ3n) is 4.61. The molecule has 0 aromatic heterocycles. The van der Waals surface area contributed by atoms with Crippen LogP contribution in [0.4, 0.5) is 10.1 Å². The fraction of sp³-hybridized carbons (Fsp3) is 0.471. The Labute approximate surface area is 138 Å². The van der Waals surface area contributed by atoms with Crippen LogP contribution in [0.1, 0.15) is 42.5 Å². The highest BCUT2D eigenvalue weighted by molar-refractivity contribution is 6.00. The molecule has 128 valence electrons. The molecule has 6 nitrogen and oxygen atoms in total. The van der Waals surface area contributed by atoms with E-state index in [9.17, 15) is 23.9 Å². The lowest BCUT2D eigenvalue weighted by molar-refractivity contribution is -0.143. The summed E-state index contributed by atoms with van der Waals surface area (Å²) in [6.07, 6.45) is 2.96. The van der Waals surface area contributed by atoms with Crippen molar-refractivity contribution in [2.45, 2.75) is 38.1 Å². The largest absolute Gasteiger partial charge is 0.480 e. The summed E-state index contributed by atoms with van der Waals surface area (Å²) in [4.78, 5) is 38.7. The van der Waals surface area contributed by atoms with Gasteiger partial charge in [-0.2, -0.15) is 0 Å². The summed E-state index contributed by atoms with van der Waals surface area (Å²) >= 11 is 0. The molecular formula is C17H19FN2O4. The SMILES string of the molecule is O=C(O)[C@@H]1CCCCN1C(=O)c1cc(N2CCCC2=O)ccc1F. The number of carboxylic acid groups (broad SMARTS) is 1. The van der Waals surface area contributed by atoms with Gasteiger partial charge in [0.25, 0.3) is 5.91 Å². The highest BCUT2D eigenvalue weighted by Crippen LogP contribution is 2.26. The Morgan fingerprint density at radius 2 is 1.96 bits per heavy atom. The van der Waals surface area contributed by atoms with E-state index < -0.39 is 23.7 Å². The van der Waals surface area contributed by atoms with E-state index in [4.69, 9.17) is 0 Å². The van der Waals surface area contributed by atoms with Crippen LogP contribution in [0.2, 0.25) is 0 Å².